The second-order valence-corrected chi connectivity index (χ2v) is 6.91. The van der Waals surface area contributed by atoms with Gasteiger partial charge < -0.3 is 4.90 Å². The Labute approximate surface area is 132 Å². The van der Waals surface area contributed by atoms with E-state index >= 15 is 0 Å². The molecule has 0 bridgehead atoms. The molecule has 7 heteroatoms. The molecule has 22 heavy (non-hydrogen) atoms. The van der Waals surface area contributed by atoms with E-state index in [4.69, 9.17) is 0 Å². The molecule has 0 unspecified atom stereocenters. The van der Waals surface area contributed by atoms with Crippen molar-refractivity contribution in [2.75, 3.05) is 18.8 Å². The monoisotopic (exact) mass is 332 g/mol. The lowest BCUT2D eigenvalue weighted by atomic mass is 9.92. The fraction of sp³-hybridized carbons (Fsp3) is 0.600. The molecule has 2 heterocycles. The lowest BCUT2D eigenvalue weighted by molar-refractivity contribution is -0.138. The number of halogens is 3. The summed E-state index contributed by atoms with van der Waals surface area (Å²) in [5, 5.41) is 0.430. The van der Waals surface area contributed by atoms with Crippen LogP contribution < -0.4 is 0 Å². The minimum absolute atomic E-state index is 0.0186. The van der Waals surface area contributed by atoms with Crippen LogP contribution in [0.2, 0.25) is 0 Å². The Morgan fingerprint density at radius 2 is 1.95 bits per heavy atom. The van der Waals surface area contributed by atoms with Crippen LogP contribution in [0.5, 0.6) is 0 Å². The predicted molar refractivity (Wildman–Crippen MR) is 79.5 cm³/mol. The van der Waals surface area contributed by atoms with Crippen LogP contribution in [0.25, 0.3) is 0 Å². The molecule has 0 spiro atoms. The third-order valence-corrected chi connectivity index (χ3v) is 4.56. The van der Waals surface area contributed by atoms with Crippen molar-refractivity contribution in [3.63, 3.8) is 0 Å². The van der Waals surface area contributed by atoms with E-state index < -0.39 is 11.7 Å². The lowest BCUT2D eigenvalue weighted by Gasteiger charge is -2.35. The van der Waals surface area contributed by atoms with Gasteiger partial charge in [-0.1, -0.05) is 25.6 Å². The SMILES string of the molecule is C[C@H]1C[C@H](C)CN(C(=O)CSc2ccc(C(F)(F)F)cn2)C1. The first-order chi connectivity index (χ1) is 10.3. The summed E-state index contributed by atoms with van der Waals surface area (Å²) in [6, 6.07) is 2.30. The van der Waals surface area contributed by atoms with Crippen molar-refractivity contribution < 1.29 is 18.0 Å². The molecule has 1 amide bonds. The van der Waals surface area contributed by atoms with Crippen molar-refractivity contribution in [3.05, 3.63) is 23.9 Å². The Morgan fingerprint density at radius 3 is 2.45 bits per heavy atom. The Morgan fingerprint density at radius 1 is 1.32 bits per heavy atom. The van der Waals surface area contributed by atoms with Gasteiger partial charge in [0.2, 0.25) is 5.91 Å². The van der Waals surface area contributed by atoms with Crippen molar-refractivity contribution in [1.82, 2.24) is 9.88 Å². The molecule has 122 valence electrons. The molecule has 1 aromatic heterocycles. The Bertz CT molecular complexity index is 509. The van der Waals surface area contributed by atoms with Crippen molar-refractivity contribution in [3.8, 4) is 0 Å². The standard InChI is InChI=1S/C15H19F3N2OS/c1-10-5-11(2)8-20(7-10)14(21)9-22-13-4-3-12(6-19-13)15(16,17)18/h3-4,6,10-11H,5,7-9H2,1-2H3/t10-,11-/m0/s1. The summed E-state index contributed by atoms with van der Waals surface area (Å²) in [5.74, 6) is 1.20. The maximum Gasteiger partial charge on any atom is 0.417 e. The highest BCUT2D eigenvalue weighted by Crippen LogP contribution is 2.29. The van der Waals surface area contributed by atoms with Crippen LogP contribution in [-0.4, -0.2) is 34.6 Å². The number of likely N-dealkylation sites (tertiary alicyclic amines) is 1. The minimum atomic E-state index is -4.38. The Kier molecular flexibility index (Phi) is 5.36. The highest BCUT2D eigenvalue weighted by atomic mass is 32.2. The molecule has 1 fully saturated rings. The van der Waals surface area contributed by atoms with E-state index in [1.165, 1.54) is 17.8 Å². The molecule has 1 aliphatic rings. The van der Waals surface area contributed by atoms with Crippen LogP contribution in [0.3, 0.4) is 0 Å². The van der Waals surface area contributed by atoms with E-state index in [2.05, 4.69) is 18.8 Å². The zero-order valence-electron chi connectivity index (χ0n) is 12.6. The maximum absolute atomic E-state index is 12.4. The molecule has 0 N–H and O–H groups in total. The molecule has 0 aliphatic carbocycles. The van der Waals surface area contributed by atoms with Gasteiger partial charge in [0, 0.05) is 19.3 Å². The third-order valence-electron chi connectivity index (χ3n) is 3.63. The molecule has 0 radical (unpaired) electrons. The van der Waals surface area contributed by atoms with E-state index in [0.717, 1.165) is 31.8 Å². The fourth-order valence-electron chi connectivity index (χ4n) is 2.73. The van der Waals surface area contributed by atoms with Gasteiger partial charge in [0.1, 0.15) is 0 Å². The summed E-state index contributed by atoms with van der Waals surface area (Å²) in [6.07, 6.45) is -2.46. The van der Waals surface area contributed by atoms with Gasteiger partial charge >= 0.3 is 6.18 Å². The first kappa shape index (κ1) is 17.1. The fourth-order valence-corrected chi connectivity index (χ4v) is 3.47. The molecule has 2 atom stereocenters. The number of alkyl halides is 3. The van der Waals surface area contributed by atoms with Gasteiger partial charge in [0.15, 0.2) is 0 Å². The van der Waals surface area contributed by atoms with Crippen LogP contribution in [-0.2, 0) is 11.0 Å². The number of pyridine rings is 1. The molecule has 2 rings (SSSR count). The lowest BCUT2D eigenvalue weighted by Crippen LogP contribution is -2.43. The second kappa shape index (κ2) is 6.89. The van der Waals surface area contributed by atoms with Gasteiger partial charge in [0.25, 0.3) is 0 Å². The minimum Gasteiger partial charge on any atom is -0.341 e. The Balaban J connectivity index is 1.88. The van der Waals surface area contributed by atoms with Crippen LogP contribution in [0, 0.1) is 11.8 Å². The normalized spacial score (nSPS) is 22.7. The topological polar surface area (TPSA) is 33.2 Å². The summed E-state index contributed by atoms with van der Waals surface area (Å²) >= 11 is 1.17. The molecule has 0 aromatic carbocycles. The van der Waals surface area contributed by atoms with Gasteiger partial charge in [-0.3, -0.25) is 4.79 Å². The Hall–Kier alpha value is -1.24. The highest BCUT2D eigenvalue weighted by Gasteiger charge is 2.30. The van der Waals surface area contributed by atoms with Crippen LogP contribution in [0.15, 0.2) is 23.4 Å². The average molecular weight is 332 g/mol. The van der Waals surface area contributed by atoms with Gasteiger partial charge in [-0.25, -0.2) is 4.98 Å². The van der Waals surface area contributed by atoms with Crippen LogP contribution in [0.4, 0.5) is 13.2 Å². The number of amides is 1. The summed E-state index contributed by atoms with van der Waals surface area (Å²) in [7, 11) is 0. The van der Waals surface area contributed by atoms with Crippen molar-refractivity contribution >= 4 is 17.7 Å². The zero-order valence-corrected chi connectivity index (χ0v) is 13.4. The zero-order chi connectivity index (χ0) is 16.3. The van der Waals surface area contributed by atoms with Gasteiger partial charge in [-0.2, -0.15) is 13.2 Å². The average Bonchev–Trinajstić information content (AvgIpc) is 2.43. The number of rotatable bonds is 3. The van der Waals surface area contributed by atoms with E-state index in [-0.39, 0.29) is 11.7 Å². The van der Waals surface area contributed by atoms with E-state index in [1.807, 2.05) is 4.90 Å². The molecular formula is C15H19F3N2OS. The summed E-state index contributed by atoms with van der Waals surface area (Å²) in [5.41, 5.74) is -0.776. The van der Waals surface area contributed by atoms with Crippen LogP contribution >= 0.6 is 11.8 Å². The number of aromatic nitrogens is 1. The number of nitrogens with zero attached hydrogens (tertiary/aromatic N) is 2. The van der Waals surface area contributed by atoms with Crippen molar-refractivity contribution in [1.29, 1.82) is 0 Å². The van der Waals surface area contributed by atoms with Gasteiger partial charge in [-0.15, -0.1) is 0 Å². The largest absolute Gasteiger partial charge is 0.417 e. The summed E-state index contributed by atoms with van der Waals surface area (Å²) in [4.78, 5) is 17.8. The number of carbonyl (C=O) groups is 1. The molecule has 1 saturated heterocycles. The first-order valence-electron chi connectivity index (χ1n) is 7.19. The molecule has 1 aliphatic heterocycles. The highest BCUT2D eigenvalue weighted by molar-refractivity contribution is 7.99. The van der Waals surface area contributed by atoms with Gasteiger partial charge in [-0.05, 0) is 30.4 Å². The number of piperidine rings is 1. The summed E-state index contributed by atoms with van der Waals surface area (Å²) in [6.45, 7) is 5.76. The second-order valence-electron chi connectivity index (χ2n) is 5.92. The van der Waals surface area contributed by atoms with Gasteiger partial charge in [0.05, 0.1) is 16.3 Å². The van der Waals surface area contributed by atoms with Crippen molar-refractivity contribution in [2.45, 2.75) is 31.5 Å². The number of hydrogen-bond donors (Lipinski definition) is 0. The molecular weight excluding hydrogens is 313 g/mol. The van der Waals surface area contributed by atoms with Crippen molar-refractivity contribution in [2.24, 2.45) is 11.8 Å². The number of carbonyl (C=O) groups excluding carboxylic acids is 1. The molecule has 3 nitrogen and oxygen atoms in total. The first-order valence-corrected chi connectivity index (χ1v) is 8.18. The van der Waals surface area contributed by atoms with E-state index in [0.29, 0.717) is 16.9 Å². The number of hydrogen-bond acceptors (Lipinski definition) is 3. The van der Waals surface area contributed by atoms with E-state index in [9.17, 15) is 18.0 Å². The van der Waals surface area contributed by atoms with Crippen LogP contribution in [0.1, 0.15) is 25.8 Å². The molecule has 0 saturated carbocycles. The third kappa shape index (κ3) is 4.63. The predicted octanol–water partition coefficient (Wildman–Crippen LogP) is 3.70. The number of thioether (sulfide) groups is 1. The summed E-state index contributed by atoms with van der Waals surface area (Å²) < 4.78 is 37.3. The molecule has 1 aromatic rings. The van der Waals surface area contributed by atoms with E-state index in [1.54, 1.807) is 0 Å². The smallest absolute Gasteiger partial charge is 0.341 e. The maximum atomic E-state index is 12.4. The quantitative estimate of drug-likeness (QED) is 0.792.